The summed E-state index contributed by atoms with van der Waals surface area (Å²) in [4.78, 5) is 0.242. The summed E-state index contributed by atoms with van der Waals surface area (Å²) in [5.74, 6) is 0. The van der Waals surface area contributed by atoms with Gasteiger partial charge in [-0.2, -0.15) is 0 Å². The van der Waals surface area contributed by atoms with E-state index in [1.54, 1.807) is 24.3 Å². The minimum Gasteiger partial charge on any atom is -0.314 e. The van der Waals surface area contributed by atoms with Gasteiger partial charge in [0.05, 0.1) is 10.6 Å². The zero-order chi connectivity index (χ0) is 17.3. The third kappa shape index (κ3) is 3.11. The molecule has 0 spiro atoms. The topological polar surface area (TPSA) is 51.1 Å². The Morgan fingerprint density at radius 3 is 2.12 bits per heavy atom. The lowest BCUT2D eigenvalue weighted by atomic mass is 10.1. The number of sulfonamides is 1. The maximum atomic E-state index is 11.9. The summed E-state index contributed by atoms with van der Waals surface area (Å²) in [6.07, 6.45) is 0. The highest BCUT2D eigenvalue weighted by Gasteiger charge is 2.13. The standard InChI is InChI=1S/C18H17ClN2O2S/c1-13-3-12-18(14-4-6-15(19)7-5-14)21(13)16-8-10-17(11-9-16)24(22,23)20-2/h3-12,20H,1-2H3. The molecule has 0 aliphatic heterocycles. The fourth-order valence-electron chi connectivity index (χ4n) is 2.62. The fourth-order valence-corrected chi connectivity index (χ4v) is 3.48. The molecule has 0 amide bonds. The zero-order valence-electron chi connectivity index (χ0n) is 13.3. The Hall–Kier alpha value is -2.08. The van der Waals surface area contributed by atoms with Gasteiger partial charge in [-0.25, -0.2) is 13.1 Å². The molecule has 124 valence electrons. The van der Waals surface area contributed by atoms with E-state index in [9.17, 15) is 8.42 Å². The number of halogens is 1. The highest BCUT2D eigenvalue weighted by atomic mass is 35.5. The summed E-state index contributed by atoms with van der Waals surface area (Å²) in [6, 6.07) is 18.5. The predicted molar refractivity (Wildman–Crippen MR) is 97.2 cm³/mol. The number of aromatic nitrogens is 1. The number of nitrogens with zero attached hydrogens (tertiary/aromatic N) is 1. The lowest BCUT2D eigenvalue weighted by Gasteiger charge is -2.13. The molecule has 0 atom stereocenters. The molecule has 24 heavy (non-hydrogen) atoms. The molecular formula is C18H17ClN2O2S. The molecule has 1 heterocycles. The van der Waals surface area contributed by atoms with E-state index in [-0.39, 0.29) is 4.90 Å². The quantitative estimate of drug-likeness (QED) is 0.764. The van der Waals surface area contributed by atoms with E-state index in [0.717, 1.165) is 22.6 Å². The van der Waals surface area contributed by atoms with Crippen LogP contribution in [0.4, 0.5) is 0 Å². The van der Waals surface area contributed by atoms with Crippen LogP contribution in [0.2, 0.25) is 5.02 Å². The van der Waals surface area contributed by atoms with Crippen molar-refractivity contribution in [3.8, 4) is 16.9 Å². The van der Waals surface area contributed by atoms with E-state index in [1.807, 2.05) is 43.3 Å². The monoisotopic (exact) mass is 360 g/mol. The lowest BCUT2D eigenvalue weighted by Crippen LogP contribution is -2.18. The van der Waals surface area contributed by atoms with Crippen molar-refractivity contribution in [3.63, 3.8) is 0 Å². The summed E-state index contributed by atoms with van der Waals surface area (Å²) in [6.45, 7) is 2.01. The van der Waals surface area contributed by atoms with Crippen molar-refractivity contribution < 1.29 is 8.42 Å². The van der Waals surface area contributed by atoms with E-state index < -0.39 is 10.0 Å². The Kier molecular flexibility index (Phi) is 4.49. The third-order valence-corrected chi connectivity index (χ3v) is 5.57. The summed E-state index contributed by atoms with van der Waals surface area (Å²) in [5.41, 5.74) is 4.02. The Balaban J connectivity index is 2.07. The minimum atomic E-state index is -3.43. The molecule has 3 aromatic rings. The van der Waals surface area contributed by atoms with E-state index in [2.05, 4.69) is 9.29 Å². The number of benzene rings is 2. The maximum absolute atomic E-state index is 11.9. The summed E-state index contributed by atoms with van der Waals surface area (Å²) in [5, 5.41) is 0.690. The SMILES string of the molecule is CNS(=O)(=O)c1ccc(-n2c(C)ccc2-c2ccc(Cl)cc2)cc1. The first-order valence-corrected chi connectivity index (χ1v) is 9.27. The van der Waals surface area contributed by atoms with Gasteiger partial charge in [-0.3, -0.25) is 0 Å². The van der Waals surface area contributed by atoms with Gasteiger partial charge < -0.3 is 4.57 Å². The predicted octanol–water partition coefficient (Wildman–Crippen LogP) is 4.01. The summed E-state index contributed by atoms with van der Waals surface area (Å²) in [7, 11) is -2.03. The number of hydrogen-bond donors (Lipinski definition) is 1. The van der Waals surface area contributed by atoms with Gasteiger partial charge in [-0.15, -0.1) is 0 Å². The molecule has 1 N–H and O–H groups in total. The first kappa shape index (κ1) is 16.8. The van der Waals surface area contributed by atoms with E-state index in [0.29, 0.717) is 5.02 Å². The second-order valence-electron chi connectivity index (χ2n) is 5.40. The molecule has 6 heteroatoms. The molecule has 0 aliphatic rings. The molecular weight excluding hydrogens is 344 g/mol. The van der Waals surface area contributed by atoms with E-state index >= 15 is 0 Å². The van der Waals surface area contributed by atoms with Crippen molar-refractivity contribution >= 4 is 21.6 Å². The van der Waals surface area contributed by atoms with Gasteiger partial charge in [0.25, 0.3) is 0 Å². The smallest absolute Gasteiger partial charge is 0.240 e. The van der Waals surface area contributed by atoms with Gasteiger partial charge in [-0.05, 0) is 68.1 Å². The second kappa shape index (κ2) is 6.43. The van der Waals surface area contributed by atoms with Crippen molar-refractivity contribution in [2.45, 2.75) is 11.8 Å². The molecule has 0 aliphatic carbocycles. The lowest BCUT2D eigenvalue weighted by molar-refractivity contribution is 0.588. The van der Waals surface area contributed by atoms with Crippen LogP contribution >= 0.6 is 11.6 Å². The molecule has 3 rings (SSSR count). The average Bonchev–Trinajstić information content (AvgIpc) is 2.97. The van der Waals surface area contributed by atoms with Crippen LogP contribution in [0, 0.1) is 6.92 Å². The summed E-state index contributed by atoms with van der Waals surface area (Å²) < 4.78 is 28.1. The molecule has 0 unspecified atom stereocenters. The van der Waals surface area contributed by atoms with Gasteiger partial charge in [0.15, 0.2) is 0 Å². The summed E-state index contributed by atoms with van der Waals surface area (Å²) >= 11 is 5.97. The average molecular weight is 361 g/mol. The van der Waals surface area contributed by atoms with Crippen molar-refractivity contribution in [2.75, 3.05) is 7.05 Å². The van der Waals surface area contributed by atoms with Gasteiger partial charge in [-0.1, -0.05) is 23.7 Å². The number of rotatable bonds is 4. The maximum Gasteiger partial charge on any atom is 0.240 e. The second-order valence-corrected chi connectivity index (χ2v) is 7.73. The first-order chi connectivity index (χ1) is 11.4. The Labute approximate surface area is 146 Å². The van der Waals surface area contributed by atoms with Crippen LogP contribution in [0.25, 0.3) is 16.9 Å². The molecule has 2 aromatic carbocycles. The molecule has 0 radical (unpaired) electrons. The number of nitrogens with one attached hydrogen (secondary N) is 1. The van der Waals surface area contributed by atoms with Crippen molar-refractivity contribution in [1.82, 2.24) is 9.29 Å². The largest absolute Gasteiger partial charge is 0.314 e. The van der Waals surface area contributed by atoms with Crippen molar-refractivity contribution in [3.05, 3.63) is 71.4 Å². The van der Waals surface area contributed by atoms with Gasteiger partial charge in [0.1, 0.15) is 0 Å². The minimum absolute atomic E-state index is 0.242. The third-order valence-electron chi connectivity index (χ3n) is 3.89. The van der Waals surface area contributed by atoms with Crippen LogP contribution in [0.5, 0.6) is 0 Å². The Morgan fingerprint density at radius 1 is 0.917 bits per heavy atom. The number of hydrogen-bond acceptors (Lipinski definition) is 2. The first-order valence-electron chi connectivity index (χ1n) is 7.40. The fraction of sp³-hybridized carbons (Fsp3) is 0.111. The Bertz CT molecular complexity index is 959. The van der Waals surface area contributed by atoms with Gasteiger partial charge in [0.2, 0.25) is 10.0 Å². The van der Waals surface area contributed by atoms with Gasteiger partial charge >= 0.3 is 0 Å². The Morgan fingerprint density at radius 2 is 1.54 bits per heavy atom. The van der Waals surface area contributed by atoms with Crippen LogP contribution < -0.4 is 4.72 Å². The van der Waals surface area contributed by atoms with Crippen LogP contribution in [0.3, 0.4) is 0 Å². The zero-order valence-corrected chi connectivity index (χ0v) is 14.9. The normalized spacial score (nSPS) is 11.6. The molecule has 0 bridgehead atoms. The van der Waals surface area contributed by atoms with Crippen LogP contribution in [-0.4, -0.2) is 20.0 Å². The van der Waals surface area contributed by atoms with Crippen molar-refractivity contribution in [2.24, 2.45) is 0 Å². The molecule has 4 nitrogen and oxygen atoms in total. The van der Waals surface area contributed by atoms with Crippen LogP contribution in [-0.2, 0) is 10.0 Å². The van der Waals surface area contributed by atoms with E-state index in [4.69, 9.17) is 11.6 Å². The highest BCUT2D eigenvalue weighted by molar-refractivity contribution is 7.89. The van der Waals surface area contributed by atoms with Crippen LogP contribution in [0.1, 0.15) is 5.69 Å². The molecule has 1 aromatic heterocycles. The van der Waals surface area contributed by atoms with Crippen LogP contribution in [0.15, 0.2) is 65.6 Å². The molecule has 0 fully saturated rings. The van der Waals surface area contributed by atoms with Crippen molar-refractivity contribution in [1.29, 1.82) is 0 Å². The van der Waals surface area contributed by atoms with Gasteiger partial charge in [0, 0.05) is 16.4 Å². The number of aryl methyl sites for hydroxylation is 1. The molecule has 0 saturated heterocycles. The highest BCUT2D eigenvalue weighted by Crippen LogP contribution is 2.28. The molecule has 0 saturated carbocycles. The van der Waals surface area contributed by atoms with E-state index in [1.165, 1.54) is 7.05 Å².